The van der Waals surface area contributed by atoms with Crippen LogP contribution in [0.1, 0.15) is 11.8 Å². The Morgan fingerprint density at radius 1 is 0.833 bits per heavy atom. The molecule has 0 unspecified atom stereocenters. The van der Waals surface area contributed by atoms with Crippen LogP contribution in [0.2, 0.25) is 0 Å². The Hall–Kier alpha value is -2.29. The molecule has 0 aliphatic rings. The maximum Gasteiger partial charge on any atom is 0.192 e. The van der Waals surface area contributed by atoms with Gasteiger partial charge in [0.15, 0.2) is 13.1 Å². The summed E-state index contributed by atoms with van der Waals surface area (Å²) in [5.41, 5.74) is 0.164. The van der Waals surface area contributed by atoms with E-state index in [1.165, 1.54) is 12.3 Å². The van der Waals surface area contributed by atoms with Gasteiger partial charge in [0, 0.05) is 16.8 Å². The van der Waals surface area contributed by atoms with E-state index in [1.54, 1.807) is 72.8 Å². The second kappa shape index (κ2) is 7.08. The number of alkyl halides is 1. The molecular formula is C19H17FNO2P. The first-order valence-electron chi connectivity index (χ1n) is 7.58. The summed E-state index contributed by atoms with van der Waals surface area (Å²) >= 11 is 0. The lowest BCUT2D eigenvalue weighted by Gasteiger charge is -2.26. The summed E-state index contributed by atoms with van der Waals surface area (Å²) in [5.74, 6) is -1.99. The average Bonchev–Trinajstić information content (AvgIpc) is 2.68. The van der Waals surface area contributed by atoms with Gasteiger partial charge in [-0.1, -0.05) is 66.7 Å². The van der Waals surface area contributed by atoms with Gasteiger partial charge in [-0.2, -0.15) is 0 Å². The number of aromatic nitrogens is 1. The number of halogens is 1. The van der Waals surface area contributed by atoms with Gasteiger partial charge in [-0.3, -0.25) is 4.98 Å². The molecule has 0 saturated heterocycles. The third-order valence-electron chi connectivity index (χ3n) is 3.88. The van der Waals surface area contributed by atoms with Crippen molar-refractivity contribution >= 4 is 17.8 Å². The van der Waals surface area contributed by atoms with E-state index in [0.717, 1.165) is 0 Å². The Morgan fingerprint density at radius 3 is 1.79 bits per heavy atom. The van der Waals surface area contributed by atoms with Gasteiger partial charge in [-0.15, -0.1) is 0 Å². The van der Waals surface area contributed by atoms with Crippen molar-refractivity contribution in [2.75, 3.05) is 0 Å². The number of hydrogen-bond acceptors (Lipinski definition) is 3. The second-order valence-corrected chi connectivity index (χ2v) is 8.24. The smallest absolute Gasteiger partial charge is 0.192 e. The van der Waals surface area contributed by atoms with Crippen molar-refractivity contribution in [3.63, 3.8) is 0 Å². The maximum atomic E-state index is 15.3. The van der Waals surface area contributed by atoms with Crippen LogP contribution < -0.4 is 10.6 Å². The molecule has 0 bridgehead atoms. The number of hydrogen-bond donors (Lipinski definition) is 1. The normalized spacial score (nSPS) is 14.1. The van der Waals surface area contributed by atoms with Crippen molar-refractivity contribution in [1.82, 2.24) is 4.98 Å². The quantitative estimate of drug-likeness (QED) is 0.724. The SMILES string of the molecule is O=P(c1ccccc1)(c1ccccc1)[C@@H](F)[C@@H](O)c1ccccn1. The van der Waals surface area contributed by atoms with Crippen LogP contribution in [0.4, 0.5) is 4.39 Å². The summed E-state index contributed by atoms with van der Waals surface area (Å²) in [6, 6.07) is 21.8. The summed E-state index contributed by atoms with van der Waals surface area (Å²) in [7, 11) is -3.69. The number of nitrogens with zero attached hydrogens (tertiary/aromatic N) is 1. The van der Waals surface area contributed by atoms with Crippen LogP contribution in [0, 0.1) is 0 Å². The Balaban J connectivity index is 2.11. The number of rotatable bonds is 5. The van der Waals surface area contributed by atoms with Crippen LogP contribution in [0.15, 0.2) is 85.1 Å². The van der Waals surface area contributed by atoms with Gasteiger partial charge in [-0.05, 0) is 12.1 Å². The molecule has 0 amide bonds. The largest absolute Gasteiger partial charge is 0.383 e. The number of pyridine rings is 1. The highest BCUT2D eigenvalue weighted by molar-refractivity contribution is 7.79. The Bertz CT molecular complexity index is 784. The predicted octanol–water partition coefficient (Wildman–Crippen LogP) is 3.42. The Kier molecular flexibility index (Phi) is 4.89. The predicted molar refractivity (Wildman–Crippen MR) is 93.9 cm³/mol. The number of benzene rings is 2. The van der Waals surface area contributed by atoms with Gasteiger partial charge < -0.3 is 9.67 Å². The molecule has 0 fully saturated rings. The molecule has 1 aromatic heterocycles. The lowest BCUT2D eigenvalue weighted by molar-refractivity contribution is 0.115. The average molecular weight is 341 g/mol. The highest BCUT2D eigenvalue weighted by atomic mass is 31.2. The summed E-state index contributed by atoms with van der Waals surface area (Å²) < 4.78 is 29.1. The molecule has 1 heterocycles. The zero-order valence-electron chi connectivity index (χ0n) is 12.9. The van der Waals surface area contributed by atoms with Crippen molar-refractivity contribution in [3.8, 4) is 0 Å². The molecule has 1 N–H and O–H groups in total. The Morgan fingerprint density at radius 2 is 1.33 bits per heavy atom. The molecule has 3 aromatic rings. The van der Waals surface area contributed by atoms with Crippen LogP contribution in [0.5, 0.6) is 0 Å². The first-order valence-corrected chi connectivity index (χ1v) is 9.35. The zero-order valence-corrected chi connectivity index (χ0v) is 13.8. The van der Waals surface area contributed by atoms with Gasteiger partial charge in [0.1, 0.15) is 6.10 Å². The van der Waals surface area contributed by atoms with Gasteiger partial charge >= 0.3 is 0 Å². The zero-order chi connectivity index (χ0) is 17.0. The summed E-state index contributed by atoms with van der Waals surface area (Å²) in [6.07, 6.45) is -0.0984. The topological polar surface area (TPSA) is 50.2 Å². The van der Waals surface area contributed by atoms with Crippen LogP contribution in [0.3, 0.4) is 0 Å². The summed E-state index contributed by atoms with van der Waals surface area (Å²) in [5, 5.41) is 11.2. The van der Waals surface area contributed by atoms with E-state index in [9.17, 15) is 9.67 Å². The van der Waals surface area contributed by atoms with E-state index in [-0.39, 0.29) is 5.69 Å². The number of aliphatic hydroxyl groups excluding tert-OH is 1. The van der Waals surface area contributed by atoms with E-state index in [4.69, 9.17) is 0 Å². The minimum Gasteiger partial charge on any atom is -0.383 e. The molecule has 24 heavy (non-hydrogen) atoms. The third kappa shape index (κ3) is 3.03. The van der Waals surface area contributed by atoms with Gasteiger partial charge in [0.25, 0.3) is 0 Å². The first-order chi connectivity index (χ1) is 11.6. The number of aliphatic hydroxyl groups is 1. The van der Waals surface area contributed by atoms with Gasteiger partial charge in [-0.25, -0.2) is 4.39 Å². The van der Waals surface area contributed by atoms with Crippen LogP contribution in [-0.4, -0.2) is 16.0 Å². The highest BCUT2D eigenvalue weighted by Crippen LogP contribution is 2.53. The van der Waals surface area contributed by atoms with Crippen molar-refractivity contribution in [1.29, 1.82) is 0 Å². The summed E-state index contributed by atoms with van der Waals surface area (Å²) in [4.78, 5) is 3.99. The minimum absolute atomic E-state index is 0.164. The van der Waals surface area contributed by atoms with E-state index in [1.807, 2.05) is 0 Å². The first kappa shape index (κ1) is 16.6. The lowest BCUT2D eigenvalue weighted by Crippen LogP contribution is -2.28. The molecule has 2 atom stereocenters. The molecule has 0 aliphatic carbocycles. The van der Waals surface area contributed by atoms with E-state index in [0.29, 0.717) is 10.6 Å². The van der Waals surface area contributed by atoms with E-state index < -0.39 is 19.2 Å². The molecule has 0 radical (unpaired) electrons. The molecule has 3 nitrogen and oxygen atoms in total. The van der Waals surface area contributed by atoms with Crippen molar-refractivity contribution in [3.05, 3.63) is 90.8 Å². The second-order valence-electron chi connectivity index (χ2n) is 5.40. The standard InChI is InChI=1S/C19H17FNO2P/c20-19(18(22)17-13-7-8-14-21-17)24(23,15-9-3-1-4-10-15)16-11-5-2-6-12-16/h1-14,18-19,22H/t18-,19+/m0/s1. The lowest BCUT2D eigenvalue weighted by atomic mass is 10.2. The minimum atomic E-state index is -3.69. The molecule has 0 aliphatic heterocycles. The van der Waals surface area contributed by atoms with Crippen LogP contribution >= 0.6 is 7.14 Å². The van der Waals surface area contributed by atoms with Crippen LogP contribution in [0.25, 0.3) is 0 Å². The molecule has 5 heteroatoms. The van der Waals surface area contributed by atoms with Gasteiger partial charge in [0.05, 0.1) is 5.69 Å². The molecule has 0 saturated carbocycles. The highest BCUT2D eigenvalue weighted by Gasteiger charge is 2.42. The fraction of sp³-hybridized carbons (Fsp3) is 0.105. The van der Waals surface area contributed by atoms with Gasteiger partial charge in [0.2, 0.25) is 0 Å². The molecule has 2 aromatic carbocycles. The molecular weight excluding hydrogens is 324 g/mol. The summed E-state index contributed by atoms with van der Waals surface area (Å²) in [6.45, 7) is 0. The monoisotopic (exact) mass is 341 g/mol. The van der Waals surface area contributed by atoms with Crippen molar-refractivity contribution in [2.45, 2.75) is 12.0 Å². The molecule has 3 rings (SSSR count). The van der Waals surface area contributed by atoms with Crippen molar-refractivity contribution < 1.29 is 14.1 Å². The molecule has 122 valence electrons. The molecule has 0 spiro atoms. The van der Waals surface area contributed by atoms with Crippen molar-refractivity contribution in [2.24, 2.45) is 0 Å². The maximum absolute atomic E-state index is 15.3. The Labute approximate surface area is 140 Å². The van der Waals surface area contributed by atoms with Crippen LogP contribution in [-0.2, 0) is 4.57 Å². The fourth-order valence-electron chi connectivity index (χ4n) is 2.62. The fourth-order valence-corrected chi connectivity index (χ4v) is 5.27. The van der Waals surface area contributed by atoms with E-state index in [2.05, 4.69) is 4.98 Å². The third-order valence-corrected chi connectivity index (χ3v) is 6.99. The van der Waals surface area contributed by atoms with E-state index >= 15 is 4.39 Å².